The van der Waals surface area contributed by atoms with Gasteiger partial charge in [-0.1, -0.05) is 41.4 Å². The van der Waals surface area contributed by atoms with Crippen LogP contribution in [-0.2, 0) is 6.54 Å². The van der Waals surface area contributed by atoms with E-state index in [1.54, 1.807) is 39.8 Å². The number of aliphatic hydroxyl groups is 1. The van der Waals surface area contributed by atoms with Gasteiger partial charge in [-0.25, -0.2) is 4.98 Å². The van der Waals surface area contributed by atoms with E-state index in [2.05, 4.69) is 4.98 Å². The molecule has 0 saturated carbocycles. The first-order valence-corrected chi connectivity index (χ1v) is 11.7. The molecule has 0 radical (unpaired) electrons. The Morgan fingerprint density at radius 2 is 1.71 bits per heavy atom. The van der Waals surface area contributed by atoms with Crippen molar-refractivity contribution in [1.82, 2.24) is 19.0 Å². The number of carbonyl (C=O) groups excluding carboxylic acids is 1. The van der Waals surface area contributed by atoms with Gasteiger partial charge in [-0.15, -0.1) is 0 Å². The molecule has 5 rings (SSSR count). The maximum atomic E-state index is 13.2. The quantitative estimate of drug-likeness (QED) is 0.459. The lowest BCUT2D eigenvalue weighted by molar-refractivity contribution is -0.0299. The Morgan fingerprint density at radius 1 is 1.03 bits per heavy atom. The lowest BCUT2D eigenvalue weighted by Crippen LogP contribution is -2.49. The number of fused-ring (bicyclic) bond motifs is 1. The van der Waals surface area contributed by atoms with Crippen molar-refractivity contribution in [2.75, 3.05) is 13.1 Å². The minimum Gasteiger partial charge on any atom is -0.388 e. The fraction of sp³-hybridized carbons (Fsp3) is 0.240. The molecule has 1 amide bonds. The predicted molar refractivity (Wildman–Crippen MR) is 132 cm³/mol. The van der Waals surface area contributed by atoms with Gasteiger partial charge in [-0.2, -0.15) is 0 Å². The number of amides is 1. The van der Waals surface area contributed by atoms with Crippen LogP contribution in [0.15, 0.2) is 71.8 Å². The maximum Gasteiger partial charge on any atom is 0.262 e. The zero-order valence-corrected chi connectivity index (χ0v) is 19.7. The summed E-state index contributed by atoms with van der Waals surface area (Å²) in [7, 11) is 0. The van der Waals surface area contributed by atoms with Gasteiger partial charge in [0.1, 0.15) is 11.5 Å². The fourth-order valence-corrected chi connectivity index (χ4v) is 4.81. The van der Waals surface area contributed by atoms with Gasteiger partial charge in [0.15, 0.2) is 5.65 Å². The second kappa shape index (κ2) is 8.91. The SMILES string of the molecule is O=C(c1ccc(Cl)cc1)N1CCC(O)(Cn2cnc3c(cc(Cl)n3-c3ccccc3)c2=O)CC1. The largest absolute Gasteiger partial charge is 0.388 e. The van der Waals surface area contributed by atoms with E-state index in [1.807, 2.05) is 30.3 Å². The highest BCUT2D eigenvalue weighted by Crippen LogP contribution is 2.27. The number of likely N-dealkylation sites (tertiary alicyclic amines) is 1. The number of nitrogens with zero attached hydrogens (tertiary/aromatic N) is 4. The zero-order valence-electron chi connectivity index (χ0n) is 18.2. The lowest BCUT2D eigenvalue weighted by Gasteiger charge is -2.38. The van der Waals surface area contributed by atoms with Crippen LogP contribution < -0.4 is 5.56 Å². The Balaban J connectivity index is 1.34. The molecule has 3 heterocycles. The Bertz CT molecular complexity index is 1410. The average Bonchev–Trinajstić information content (AvgIpc) is 3.18. The minimum absolute atomic E-state index is 0.0892. The van der Waals surface area contributed by atoms with E-state index in [1.165, 1.54) is 10.9 Å². The van der Waals surface area contributed by atoms with Gasteiger partial charge in [0.05, 0.1) is 17.5 Å². The molecule has 7 nitrogen and oxygen atoms in total. The Kier molecular flexibility index (Phi) is 5.93. The average molecular weight is 497 g/mol. The molecule has 1 N–H and O–H groups in total. The third-order valence-corrected chi connectivity index (χ3v) is 6.82. The first-order chi connectivity index (χ1) is 16.3. The molecule has 1 aliphatic rings. The Labute approximate surface area is 205 Å². The van der Waals surface area contributed by atoms with Gasteiger partial charge < -0.3 is 10.0 Å². The molecule has 34 heavy (non-hydrogen) atoms. The third kappa shape index (κ3) is 4.22. The van der Waals surface area contributed by atoms with Crippen molar-refractivity contribution >= 4 is 40.1 Å². The van der Waals surface area contributed by atoms with Crippen LogP contribution in [0.25, 0.3) is 16.7 Å². The fourth-order valence-electron chi connectivity index (χ4n) is 4.40. The lowest BCUT2D eigenvalue weighted by atomic mass is 9.91. The van der Waals surface area contributed by atoms with Gasteiger partial charge in [0, 0.05) is 29.4 Å². The summed E-state index contributed by atoms with van der Waals surface area (Å²) < 4.78 is 3.14. The molecule has 9 heteroatoms. The van der Waals surface area contributed by atoms with Crippen LogP contribution in [0.4, 0.5) is 0 Å². The molecule has 174 valence electrons. The van der Waals surface area contributed by atoms with Crippen LogP contribution in [0.3, 0.4) is 0 Å². The third-order valence-electron chi connectivity index (χ3n) is 6.29. The number of benzene rings is 2. The van der Waals surface area contributed by atoms with Crippen molar-refractivity contribution in [2.24, 2.45) is 0 Å². The van der Waals surface area contributed by atoms with E-state index in [0.717, 1.165) is 5.69 Å². The summed E-state index contributed by atoms with van der Waals surface area (Å²) in [4.78, 5) is 32.1. The molecule has 2 aromatic heterocycles. The van der Waals surface area contributed by atoms with Crippen LogP contribution in [0.2, 0.25) is 10.2 Å². The highest BCUT2D eigenvalue weighted by atomic mass is 35.5. The standard InChI is InChI=1S/C25H22Cl2N4O3/c26-18-8-6-17(7-9-18)23(32)29-12-10-25(34,11-13-29)15-30-16-28-22-20(24(30)33)14-21(27)31(22)19-4-2-1-3-5-19/h1-9,14,16,34H,10-13,15H2. The molecule has 0 unspecified atom stereocenters. The summed E-state index contributed by atoms with van der Waals surface area (Å²) in [6, 6.07) is 17.8. The normalized spacial score (nSPS) is 15.6. The van der Waals surface area contributed by atoms with Gasteiger partial charge >= 0.3 is 0 Å². The van der Waals surface area contributed by atoms with E-state index in [-0.39, 0.29) is 18.0 Å². The molecular weight excluding hydrogens is 475 g/mol. The predicted octanol–water partition coefficient (Wildman–Crippen LogP) is 4.16. The monoisotopic (exact) mass is 496 g/mol. The first kappa shape index (κ1) is 22.7. The number of carbonyl (C=O) groups is 1. The summed E-state index contributed by atoms with van der Waals surface area (Å²) >= 11 is 12.3. The second-order valence-corrected chi connectivity index (χ2v) is 9.40. The first-order valence-electron chi connectivity index (χ1n) is 10.9. The van der Waals surface area contributed by atoms with E-state index < -0.39 is 5.60 Å². The molecule has 1 fully saturated rings. The molecule has 4 aromatic rings. The minimum atomic E-state index is -1.12. The number of hydrogen-bond acceptors (Lipinski definition) is 4. The van der Waals surface area contributed by atoms with Crippen LogP contribution in [0, 0.1) is 0 Å². The summed E-state index contributed by atoms with van der Waals surface area (Å²) in [5, 5.41) is 12.5. The molecule has 2 aromatic carbocycles. The van der Waals surface area contributed by atoms with E-state index in [0.29, 0.717) is 52.7 Å². The summed E-state index contributed by atoms with van der Waals surface area (Å²) in [6.07, 6.45) is 2.15. The molecule has 1 aliphatic heterocycles. The van der Waals surface area contributed by atoms with Crippen LogP contribution >= 0.6 is 23.2 Å². The van der Waals surface area contributed by atoms with Crippen molar-refractivity contribution in [3.05, 3.63) is 93.1 Å². The van der Waals surface area contributed by atoms with Crippen molar-refractivity contribution in [3.8, 4) is 5.69 Å². The Morgan fingerprint density at radius 3 is 2.38 bits per heavy atom. The van der Waals surface area contributed by atoms with Gasteiger partial charge in [-0.05, 0) is 55.3 Å². The summed E-state index contributed by atoms with van der Waals surface area (Å²) in [6.45, 7) is 0.864. The molecule has 0 atom stereocenters. The van der Waals surface area contributed by atoms with E-state index in [4.69, 9.17) is 23.2 Å². The molecule has 0 aliphatic carbocycles. The van der Waals surface area contributed by atoms with Crippen molar-refractivity contribution in [3.63, 3.8) is 0 Å². The van der Waals surface area contributed by atoms with Gasteiger partial charge in [0.25, 0.3) is 11.5 Å². The van der Waals surface area contributed by atoms with E-state index in [9.17, 15) is 14.7 Å². The zero-order chi connectivity index (χ0) is 23.9. The van der Waals surface area contributed by atoms with Crippen LogP contribution in [-0.4, -0.2) is 48.7 Å². The number of rotatable bonds is 4. The number of para-hydroxylation sites is 1. The number of halogens is 2. The molecule has 1 saturated heterocycles. The van der Waals surface area contributed by atoms with Crippen molar-refractivity contribution < 1.29 is 9.90 Å². The summed E-state index contributed by atoms with van der Waals surface area (Å²) in [5.74, 6) is -0.101. The molecule has 0 spiro atoms. The highest BCUT2D eigenvalue weighted by molar-refractivity contribution is 6.31. The number of aromatic nitrogens is 3. The Hall–Kier alpha value is -3.13. The number of piperidine rings is 1. The summed E-state index contributed by atoms with van der Waals surface area (Å²) in [5.41, 5.74) is 0.438. The topological polar surface area (TPSA) is 80.4 Å². The van der Waals surface area contributed by atoms with Crippen molar-refractivity contribution in [1.29, 1.82) is 0 Å². The van der Waals surface area contributed by atoms with Gasteiger partial charge in [0.2, 0.25) is 0 Å². The molecule has 0 bridgehead atoms. The van der Waals surface area contributed by atoms with Gasteiger partial charge in [-0.3, -0.25) is 18.7 Å². The van der Waals surface area contributed by atoms with E-state index >= 15 is 0 Å². The van der Waals surface area contributed by atoms with Crippen LogP contribution in [0.1, 0.15) is 23.2 Å². The maximum absolute atomic E-state index is 13.2. The van der Waals surface area contributed by atoms with Crippen molar-refractivity contribution in [2.45, 2.75) is 25.0 Å². The van der Waals surface area contributed by atoms with Crippen LogP contribution in [0.5, 0.6) is 0 Å². The smallest absolute Gasteiger partial charge is 0.262 e. The number of hydrogen-bond donors (Lipinski definition) is 1. The highest BCUT2D eigenvalue weighted by Gasteiger charge is 2.35. The second-order valence-electron chi connectivity index (χ2n) is 8.58. The molecular formula is C25H22Cl2N4O3.